The van der Waals surface area contributed by atoms with E-state index in [2.05, 4.69) is 23.7 Å². The number of unbranched alkanes of at least 4 members (excludes halogenated alkanes) is 2. The number of esters is 1. The number of aryl methyl sites for hydroxylation is 1. The van der Waals surface area contributed by atoms with Gasteiger partial charge in [-0.3, -0.25) is 4.79 Å². The third kappa shape index (κ3) is 14.4. The Morgan fingerprint density at radius 3 is 1.89 bits per heavy atom. The van der Waals surface area contributed by atoms with E-state index in [1.807, 2.05) is 6.92 Å². The molecule has 1 unspecified atom stereocenters. The Morgan fingerprint density at radius 2 is 1.33 bits per heavy atom. The summed E-state index contributed by atoms with van der Waals surface area (Å²) in [5, 5.41) is 0.233. The molecule has 0 aliphatic heterocycles. The lowest BCUT2D eigenvalue weighted by Crippen LogP contribution is -2.59. The Balaban J connectivity index is 1.65. The number of carbonyl (C=O) groups is 1. The van der Waals surface area contributed by atoms with Crippen LogP contribution in [0.4, 0.5) is 48.3 Å². The van der Waals surface area contributed by atoms with Crippen LogP contribution in [-0.2, 0) is 30.2 Å². The number of alkyl halides is 11. The van der Waals surface area contributed by atoms with Crippen LogP contribution in [0.5, 0.6) is 11.5 Å². The van der Waals surface area contributed by atoms with E-state index < -0.39 is 78.3 Å². The molecule has 0 radical (unpaired) electrons. The highest BCUT2D eigenvalue weighted by molar-refractivity contribution is 5.85. The Labute approximate surface area is 319 Å². The molecule has 2 aromatic carbocycles. The highest BCUT2D eigenvalue weighted by Crippen LogP contribution is 2.41. The van der Waals surface area contributed by atoms with E-state index in [-0.39, 0.29) is 28.7 Å². The lowest BCUT2D eigenvalue weighted by atomic mass is 9.68. The molecule has 3 rings (SSSR count). The van der Waals surface area contributed by atoms with Crippen LogP contribution in [0.2, 0.25) is 0 Å². The molecule has 0 saturated carbocycles. The SMILES string of the molecule is CCCCCc1ccc(-c2cc3ccc(OCC(F)(F)OC(F)(F)OC(F)(F)OC(F)(F)COC(=O)C(C)(C)C(C)(N)CC(C)(C)N)cc3o2)c(OC(F)(F)F)c1. The first-order chi connectivity index (χ1) is 25.7. The van der Waals surface area contributed by atoms with Crippen LogP contribution in [-0.4, -0.2) is 61.4 Å². The first kappa shape index (κ1) is 47.5. The van der Waals surface area contributed by atoms with E-state index in [1.165, 1.54) is 45.0 Å². The Kier molecular flexibility index (Phi) is 14.3. The molecule has 0 aliphatic rings. The van der Waals surface area contributed by atoms with E-state index in [9.17, 15) is 53.1 Å². The molecule has 1 aromatic heterocycles. The predicted octanol–water partition coefficient (Wildman–Crippen LogP) is 9.86. The number of hydrogen-bond donors (Lipinski definition) is 2. The van der Waals surface area contributed by atoms with Gasteiger partial charge in [-0.2, -0.15) is 17.6 Å². The van der Waals surface area contributed by atoms with Crippen molar-refractivity contribution in [2.24, 2.45) is 16.9 Å². The van der Waals surface area contributed by atoms with Crippen LogP contribution in [0.25, 0.3) is 22.3 Å². The minimum Gasteiger partial charge on any atom is -0.484 e. The van der Waals surface area contributed by atoms with E-state index in [0.717, 1.165) is 25.0 Å². The second kappa shape index (κ2) is 17.1. The van der Waals surface area contributed by atoms with E-state index in [0.29, 0.717) is 18.4 Å². The summed E-state index contributed by atoms with van der Waals surface area (Å²) in [5.41, 5.74) is 8.17. The van der Waals surface area contributed by atoms with Crippen molar-refractivity contribution >= 4 is 16.9 Å². The van der Waals surface area contributed by atoms with Gasteiger partial charge >= 0.3 is 37.1 Å². The van der Waals surface area contributed by atoms with E-state index in [1.54, 1.807) is 19.9 Å². The van der Waals surface area contributed by atoms with Crippen LogP contribution < -0.4 is 20.9 Å². The van der Waals surface area contributed by atoms with E-state index >= 15 is 0 Å². The van der Waals surface area contributed by atoms with Gasteiger partial charge in [0.05, 0.1) is 11.0 Å². The molecule has 0 bridgehead atoms. The van der Waals surface area contributed by atoms with Gasteiger partial charge in [0.2, 0.25) is 0 Å². The Morgan fingerprint density at radius 1 is 0.737 bits per heavy atom. The lowest BCUT2D eigenvalue weighted by molar-refractivity contribution is -0.574. The fourth-order valence-electron chi connectivity index (χ4n) is 5.43. The van der Waals surface area contributed by atoms with Crippen LogP contribution >= 0.6 is 0 Å². The molecule has 57 heavy (non-hydrogen) atoms. The molecule has 3 aromatic rings. The molecular formula is C36H43F11N2O8. The number of nitrogens with two attached hydrogens (primary N) is 2. The summed E-state index contributed by atoms with van der Waals surface area (Å²) in [5.74, 6) is -2.64. The maximum atomic E-state index is 14.3. The van der Waals surface area contributed by atoms with Crippen molar-refractivity contribution in [1.82, 2.24) is 0 Å². The number of rotatable bonds is 21. The first-order valence-electron chi connectivity index (χ1n) is 17.2. The molecule has 0 spiro atoms. The first-order valence-corrected chi connectivity index (χ1v) is 17.2. The van der Waals surface area contributed by atoms with Crippen molar-refractivity contribution in [2.45, 2.75) is 116 Å². The zero-order valence-corrected chi connectivity index (χ0v) is 31.6. The smallest absolute Gasteiger partial charge is 0.484 e. The Bertz CT molecular complexity index is 1820. The number of fused-ring (bicyclic) bond motifs is 1. The van der Waals surface area contributed by atoms with Crippen molar-refractivity contribution in [3.8, 4) is 22.8 Å². The number of hydrogen-bond acceptors (Lipinski definition) is 10. The second-order valence-corrected chi connectivity index (χ2v) is 14.7. The highest BCUT2D eigenvalue weighted by Gasteiger charge is 2.57. The zero-order chi connectivity index (χ0) is 43.5. The van der Waals surface area contributed by atoms with Gasteiger partial charge in [-0.25, -0.2) is 14.2 Å². The average molecular weight is 841 g/mol. The number of carbonyl (C=O) groups excluding carboxylic acids is 1. The maximum absolute atomic E-state index is 14.3. The molecule has 322 valence electrons. The molecule has 1 heterocycles. The molecule has 10 nitrogen and oxygen atoms in total. The lowest BCUT2D eigenvalue weighted by Gasteiger charge is -2.42. The van der Waals surface area contributed by atoms with Crippen LogP contribution in [0.3, 0.4) is 0 Å². The normalized spacial score (nSPS) is 14.8. The topological polar surface area (TPSA) is 138 Å². The van der Waals surface area contributed by atoms with Crippen molar-refractivity contribution in [3.63, 3.8) is 0 Å². The van der Waals surface area contributed by atoms with Gasteiger partial charge in [-0.15, -0.1) is 30.7 Å². The summed E-state index contributed by atoms with van der Waals surface area (Å²) in [4.78, 5) is 12.6. The molecule has 21 heteroatoms. The monoisotopic (exact) mass is 840 g/mol. The third-order valence-corrected chi connectivity index (χ3v) is 8.41. The van der Waals surface area contributed by atoms with Crippen molar-refractivity contribution in [1.29, 1.82) is 0 Å². The van der Waals surface area contributed by atoms with Gasteiger partial charge in [0, 0.05) is 22.5 Å². The van der Waals surface area contributed by atoms with Crippen LogP contribution in [0.1, 0.15) is 72.8 Å². The third-order valence-electron chi connectivity index (χ3n) is 8.41. The van der Waals surface area contributed by atoms with E-state index in [4.69, 9.17) is 20.6 Å². The molecule has 0 amide bonds. The Hall–Kier alpha value is -3.92. The van der Waals surface area contributed by atoms with Gasteiger partial charge in [0.15, 0.2) is 13.2 Å². The van der Waals surface area contributed by atoms with Crippen molar-refractivity contribution < 1.29 is 85.9 Å². The minimum absolute atomic E-state index is 0.0473. The van der Waals surface area contributed by atoms with Gasteiger partial charge in [0.1, 0.15) is 22.8 Å². The molecule has 0 fully saturated rings. The minimum atomic E-state index is -6.01. The number of furan rings is 1. The predicted molar refractivity (Wildman–Crippen MR) is 180 cm³/mol. The average Bonchev–Trinajstić information content (AvgIpc) is 3.42. The van der Waals surface area contributed by atoms with Gasteiger partial charge in [-0.05, 0) is 89.8 Å². The molecule has 4 N–H and O–H groups in total. The maximum Gasteiger partial charge on any atom is 0.573 e. The highest BCUT2D eigenvalue weighted by atomic mass is 19.4. The van der Waals surface area contributed by atoms with Crippen molar-refractivity contribution in [2.75, 3.05) is 13.2 Å². The molecule has 0 saturated heterocycles. The van der Waals surface area contributed by atoms with Crippen molar-refractivity contribution in [3.05, 3.63) is 48.0 Å². The molecular weight excluding hydrogens is 797 g/mol. The quantitative estimate of drug-likeness (QED) is 0.0462. The molecule has 1 atom stereocenters. The van der Waals surface area contributed by atoms with Gasteiger partial charge < -0.3 is 30.1 Å². The summed E-state index contributed by atoms with van der Waals surface area (Å²) < 4.78 is 180. The zero-order valence-electron chi connectivity index (χ0n) is 31.6. The second-order valence-electron chi connectivity index (χ2n) is 14.7. The standard InChI is InChI=1S/C36H43F11N2O8/c1-7-8-9-10-21-11-14-24(27(15-21)54-34(41,42)43)26-16-22-12-13-23(17-25(22)53-26)51-19-32(37,38)55-35(44,45)57-36(46,47)56-33(39,40)20-52-28(50)30(4,5)31(6,49)18-29(2,3)48/h11-17H,7-10,18-20,48-49H2,1-6H3. The fraction of sp³-hybridized carbons (Fsp3) is 0.583. The summed E-state index contributed by atoms with van der Waals surface area (Å²) in [6, 6.07) is 8.62. The summed E-state index contributed by atoms with van der Waals surface area (Å²) in [6.07, 6.45) is -24.6. The number of halogens is 11. The molecule has 0 aliphatic carbocycles. The van der Waals surface area contributed by atoms with Crippen LogP contribution in [0, 0.1) is 5.41 Å². The summed E-state index contributed by atoms with van der Waals surface area (Å²) >= 11 is 0. The fourth-order valence-corrected chi connectivity index (χ4v) is 5.43. The number of benzene rings is 2. The number of ether oxygens (including phenoxy) is 6. The van der Waals surface area contributed by atoms with Gasteiger partial charge in [-0.1, -0.05) is 25.8 Å². The summed E-state index contributed by atoms with van der Waals surface area (Å²) in [6.45, 7) is 4.45. The van der Waals surface area contributed by atoms with Crippen LogP contribution in [0.15, 0.2) is 46.9 Å². The largest absolute Gasteiger partial charge is 0.573 e. The van der Waals surface area contributed by atoms with Gasteiger partial charge in [0.25, 0.3) is 0 Å². The summed E-state index contributed by atoms with van der Waals surface area (Å²) in [7, 11) is 0.